The summed E-state index contributed by atoms with van der Waals surface area (Å²) in [6, 6.07) is 0. The van der Waals surface area contributed by atoms with Crippen LogP contribution >= 0.6 is 0 Å². The Kier molecular flexibility index (Phi) is 2.07. The van der Waals surface area contributed by atoms with Gasteiger partial charge in [0.2, 0.25) is 5.82 Å². The van der Waals surface area contributed by atoms with Gasteiger partial charge in [-0.25, -0.2) is 18.6 Å². The average Bonchev–Trinajstić information content (AvgIpc) is 2.30. The molecule has 1 N–H and O–H groups in total. The maximum Gasteiger partial charge on any atom is 0.372 e. The summed E-state index contributed by atoms with van der Waals surface area (Å²) in [5, 5.41) is 8.43. The molecule has 1 aromatic heterocycles. The molecule has 1 heterocycles. The Morgan fingerprint density at radius 3 is 2.58 bits per heavy atom. The molecular weight excluding hydrogens is 170 g/mol. The molecule has 0 radical (unpaired) electrons. The SMILES string of the molecule is Cn1c(C(F)F)cnc1C(=O)O. The van der Waals surface area contributed by atoms with E-state index in [0.717, 1.165) is 10.8 Å². The Hall–Kier alpha value is -1.46. The first-order valence-corrected chi connectivity index (χ1v) is 3.07. The minimum Gasteiger partial charge on any atom is -0.475 e. The number of hydrogen-bond acceptors (Lipinski definition) is 2. The number of carbonyl (C=O) groups is 1. The third kappa shape index (κ3) is 1.27. The van der Waals surface area contributed by atoms with Crippen molar-refractivity contribution in [2.24, 2.45) is 7.05 Å². The van der Waals surface area contributed by atoms with E-state index in [-0.39, 0.29) is 5.82 Å². The number of halogens is 2. The van der Waals surface area contributed by atoms with Crippen molar-refractivity contribution in [1.82, 2.24) is 9.55 Å². The van der Waals surface area contributed by atoms with Gasteiger partial charge in [-0.2, -0.15) is 0 Å². The number of imidazole rings is 1. The van der Waals surface area contributed by atoms with E-state index in [9.17, 15) is 13.6 Å². The number of carboxylic acids is 1. The lowest BCUT2D eigenvalue weighted by atomic mass is 10.5. The quantitative estimate of drug-likeness (QED) is 0.732. The highest BCUT2D eigenvalue weighted by molar-refractivity contribution is 5.83. The molecule has 0 spiro atoms. The van der Waals surface area contributed by atoms with E-state index in [1.54, 1.807) is 0 Å². The van der Waals surface area contributed by atoms with Crippen molar-refractivity contribution in [2.45, 2.75) is 6.43 Å². The molecule has 0 aromatic carbocycles. The molecule has 4 nitrogen and oxygen atoms in total. The van der Waals surface area contributed by atoms with Gasteiger partial charge in [0.1, 0.15) is 5.69 Å². The fraction of sp³-hybridized carbons (Fsp3) is 0.333. The minimum absolute atomic E-state index is 0.384. The molecule has 0 atom stereocenters. The van der Waals surface area contributed by atoms with Crippen LogP contribution in [0.25, 0.3) is 0 Å². The lowest BCUT2D eigenvalue weighted by molar-refractivity contribution is 0.0678. The van der Waals surface area contributed by atoms with E-state index in [4.69, 9.17) is 5.11 Å². The molecule has 0 saturated heterocycles. The number of nitrogens with zero attached hydrogens (tertiary/aromatic N) is 2. The summed E-state index contributed by atoms with van der Waals surface area (Å²) in [4.78, 5) is 13.6. The molecular formula is C6H6F2N2O2. The maximum atomic E-state index is 12.1. The molecule has 12 heavy (non-hydrogen) atoms. The highest BCUT2D eigenvalue weighted by atomic mass is 19.3. The van der Waals surface area contributed by atoms with Crippen molar-refractivity contribution >= 4 is 5.97 Å². The van der Waals surface area contributed by atoms with Crippen LogP contribution in [0.4, 0.5) is 8.78 Å². The largest absolute Gasteiger partial charge is 0.475 e. The molecule has 0 amide bonds. The van der Waals surface area contributed by atoms with Gasteiger partial charge in [0.15, 0.2) is 0 Å². The van der Waals surface area contributed by atoms with E-state index < -0.39 is 18.1 Å². The maximum absolute atomic E-state index is 12.1. The van der Waals surface area contributed by atoms with E-state index in [1.165, 1.54) is 7.05 Å². The Balaban J connectivity index is 3.13. The molecule has 0 aliphatic rings. The highest BCUT2D eigenvalue weighted by Gasteiger charge is 2.18. The van der Waals surface area contributed by atoms with Gasteiger partial charge in [0.05, 0.1) is 6.20 Å². The number of carboxylic acid groups (broad SMARTS) is 1. The Morgan fingerprint density at radius 1 is 1.75 bits per heavy atom. The molecule has 1 rings (SSSR count). The van der Waals surface area contributed by atoms with E-state index >= 15 is 0 Å². The van der Waals surface area contributed by atoms with Crippen LogP contribution in [0.2, 0.25) is 0 Å². The van der Waals surface area contributed by atoms with Crippen LogP contribution in [0, 0.1) is 0 Å². The normalized spacial score (nSPS) is 10.7. The second kappa shape index (κ2) is 2.88. The van der Waals surface area contributed by atoms with Crippen LogP contribution < -0.4 is 0 Å². The van der Waals surface area contributed by atoms with Gasteiger partial charge in [0.25, 0.3) is 6.43 Å². The standard InChI is InChI=1S/C6H6F2N2O2/c1-10-3(4(7)8)2-9-5(10)6(11)12/h2,4H,1H3,(H,11,12). The van der Waals surface area contributed by atoms with Gasteiger partial charge in [-0.05, 0) is 0 Å². The minimum atomic E-state index is -2.70. The molecule has 66 valence electrons. The second-order valence-corrected chi connectivity index (χ2v) is 2.17. The third-order valence-electron chi connectivity index (χ3n) is 1.44. The zero-order chi connectivity index (χ0) is 9.30. The summed E-state index contributed by atoms with van der Waals surface area (Å²) in [5.74, 6) is -1.70. The first kappa shape index (κ1) is 8.63. The second-order valence-electron chi connectivity index (χ2n) is 2.17. The predicted molar refractivity (Wildman–Crippen MR) is 35.1 cm³/mol. The molecule has 0 unspecified atom stereocenters. The van der Waals surface area contributed by atoms with Gasteiger partial charge in [-0.15, -0.1) is 0 Å². The number of aromatic carboxylic acids is 1. The smallest absolute Gasteiger partial charge is 0.372 e. The lowest BCUT2D eigenvalue weighted by Gasteiger charge is -2.00. The molecule has 0 fully saturated rings. The molecule has 0 aliphatic heterocycles. The summed E-state index contributed by atoms with van der Waals surface area (Å²) in [5.41, 5.74) is -0.396. The first-order chi connectivity index (χ1) is 5.54. The van der Waals surface area contributed by atoms with Crippen molar-refractivity contribution in [3.05, 3.63) is 17.7 Å². The van der Waals surface area contributed by atoms with Gasteiger partial charge in [-0.3, -0.25) is 0 Å². The lowest BCUT2D eigenvalue weighted by Crippen LogP contribution is -2.08. The van der Waals surface area contributed by atoms with E-state index in [2.05, 4.69) is 4.98 Å². The number of aromatic nitrogens is 2. The summed E-state index contributed by atoms with van der Waals surface area (Å²) in [7, 11) is 1.23. The molecule has 0 saturated carbocycles. The summed E-state index contributed by atoms with van der Waals surface area (Å²) in [6.45, 7) is 0. The fourth-order valence-corrected chi connectivity index (χ4v) is 0.824. The topological polar surface area (TPSA) is 55.1 Å². The van der Waals surface area contributed by atoms with Crippen molar-refractivity contribution in [3.63, 3.8) is 0 Å². The van der Waals surface area contributed by atoms with Crippen molar-refractivity contribution in [1.29, 1.82) is 0 Å². The van der Waals surface area contributed by atoms with Crippen molar-refractivity contribution in [2.75, 3.05) is 0 Å². The summed E-state index contributed by atoms with van der Waals surface area (Å²) in [6.07, 6.45) is -1.84. The summed E-state index contributed by atoms with van der Waals surface area (Å²) < 4.78 is 25.0. The van der Waals surface area contributed by atoms with Crippen LogP contribution in [-0.2, 0) is 7.05 Å². The zero-order valence-electron chi connectivity index (χ0n) is 6.16. The zero-order valence-corrected chi connectivity index (χ0v) is 6.16. The highest BCUT2D eigenvalue weighted by Crippen LogP contribution is 2.18. The van der Waals surface area contributed by atoms with Gasteiger partial charge >= 0.3 is 5.97 Å². The van der Waals surface area contributed by atoms with Crippen molar-refractivity contribution in [3.8, 4) is 0 Å². The van der Waals surface area contributed by atoms with E-state index in [1.807, 2.05) is 0 Å². The number of hydrogen-bond donors (Lipinski definition) is 1. The van der Waals surface area contributed by atoms with Gasteiger partial charge in [0, 0.05) is 7.05 Å². The average molecular weight is 176 g/mol. The molecule has 1 aromatic rings. The molecule has 6 heteroatoms. The third-order valence-corrected chi connectivity index (χ3v) is 1.44. The Morgan fingerprint density at radius 2 is 2.33 bits per heavy atom. The predicted octanol–water partition coefficient (Wildman–Crippen LogP) is 1.06. The van der Waals surface area contributed by atoms with Crippen LogP contribution in [0.3, 0.4) is 0 Å². The van der Waals surface area contributed by atoms with Gasteiger partial charge in [-0.1, -0.05) is 0 Å². The number of rotatable bonds is 2. The monoisotopic (exact) mass is 176 g/mol. The first-order valence-electron chi connectivity index (χ1n) is 3.07. The van der Waals surface area contributed by atoms with E-state index in [0.29, 0.717) is 0 Å². The van der Waals surface area contributed by atoms with Crippen LogP contribution in [0.1, 0.15) is 22.7 Å². The van der Waals surface area contributed by atoms with Crippen LogP contribution in [-0.4, -0.2) is 20.6 Å². The molecule has 0 aliphatic carbocycles. The Bertz CT molecular complexity index is 308. The van der Waals surface area contributed by atoms with Crippen LogP contribution in [0.5, 0.6) is 0 Å². The van der Waals surface area contributed by atoms with Gasteiger partial charge < -0.3 is 9.67 Å². The molecule has 0 bridgehead atoms. The summed E-state index contributed by atoms with van der Waals surface area (Å²) >= 11 is 0. The number of alkyl halides is 2. The fourth-order valence-electron chi connectivity index (χ4n) is 0.824. The Labute approximate surface area is 66.5 Å². The van der Waals surface area contributed by atoms with Crippen LogP contribution in [0.15, 0.2) is 6.20 Å². The van der Waals surface area contributed by atoms with Crippen molar-refractivity contribution < 1.29 is 18.7 Å².